The van der Waals surface area contributed by atoms with Crippen LogP contribution in [0.15, 0.2) is 52.3 Å². The molecule has 7 nitrogen and oxygen atoms in total. The number of imidazole rings is 1. The van der Waals surface area contributed by atoms with Gasteiger partial charge in [-0.3, -0.25) is 4.79 Å². The summed E-state index contributed by atoms with van der Waals surface area (Å²) in [6, 6.07) is 13.2. The lowest BCUT2D eigenvalue weighted by molar-refractivity contribution is -0.121. The van der Waals surface area contributed by atoms with Crippen LogP contribution in [0.3, 0.4) is 0 Å². The van der Waals surface area contributed by atoms with Gasteiger partial charge in [-0.15, -0.1) is 11.8 Å². The van der Waals surface area contributed by atoms with Gasteiger partial charge >= 0.3 is 0 Å². The second kappa shape index (κ2) is 11.2. The first kappa shape index (κ1) is 25.3. The number of aryl methyl sites for hydroxylation is 2. The quantitative estimate of drug-likeness (QED) is 0.412. The van der Waals surface area contributed by atoms with Crippen LogP contribution in [0.25, 0.3) is 11.0 Å². The van der Waals surface area contributed by atoms with Crippen molar-refractivity contribution in [2.75, 3.05) is 20.4 Å². The molecule has 33 heavy (non-hydrogen) atoms. The summed E-state index contributed by atoms with van der Waals surface area (Å²) in [5, 5.41) is 2.98. The molecule has 0 aliphatic carbocycles. The second-order valence-electron chi connectivity index (χ2n) is 8.10. The Morgan fingerprint density at radius 1 is 1.15 bits per heavy atom. The first-order valence-corrected chi connectivity index (χ1v) is 13.7. The van der Waals surface area contributed by atoms with Gasteiger partial charge in [0.1, 0.15) is 5.82 Å². The van der Waals surface area contributed by atoms with Crippen LogP contribution in [0.4, 0.5) is 0 Å². The number of amides is 1. The molecule has 0 aliphatic rings. The molecule has 0 radical (unpaired) electrons. The highest BCUT2D eigenvalue weighted by Gasteiger charge is 2.20. The summed E-state index contributed by atoms with van der Waals surface area (Å²) < 4.78 is 28.3. The van der Waals surface area contributed by atoms with E-state index in [2.05, 4.69) is 16.8 Å². The van der Waals surface area contributed by atoms with Gasteiger partial charge in [0, 0.05) is 44.9 Å². The molecule has 0 spiro atoms. The first-order chi connectivity index (χ1) is 15.8. The summed E-state index contributed by atoms with van der Waals surface area (Å²) in [7, 11) is -0.505. The van der Waals surface area contributed by atoms with E-state index < -0.39 is 10.0 Å². The van der Waals surface area contributed by atoms with Crippen molar-refractivity contribution in [3.63, 3.8) is 0 Å². The number of aromatic nitrogens is 2. The van der Waals surface area contributed by atoms with Crippen LogP contribution >= 0.6 is 11.8 Å². The molecule has 0 saturated carbocycles. The lowest BCUT2D eigenvalue weighted by Crippen LogP contribution is -2.23. The number of unbranched alkanes of at least 4 members (excludes halogenated alkanes) is 1. The number of carbonyl (C=O) groups is 1. The Hall–Kier alpha value is -2.36. The average Bonchev–Trinajstić information content (AvgIpc) is 3.16. The predicted molar refractivity (Wildman–Crippen MR) is 134 cm³/mol. The first-order valence-electron chi connectivity index (χ1n) is 11.1. The highest BCUT2D eigenvalue weighted by atomic mass is 32.2. The SMILES string of the molecule is CCCCn1c(CCC(=O)NCc2ccc(SC)cc2)nc2cc(S(=O)(=O)N(C)C)ccc21. The highest BCUT2D eigenvalue weighted by Crippen LogP contribution is 2.23. The highest BCUT2D eigenvalue weighted by molar-refractivity contribution is 7.98. The van der Waals surface area contributed by atoms with Crippen molar-refractivity contribution < 1.29 is 13.2 Å². The Bertz CT molecular complexity index is 1200. The minimum absolute atomic E-state index is 0.0334. The van der Waals surface area contributed by atoms with Crippen molar-refractivity contribution >= 4 is 38.7 Å². The number of sulfonamides is 1. The normalized spacial score (nSPS) is 11.9. The Kier molecular flexibility index (Phi) is 8.56. The van der Waals surface area contributed by atoms with Crippen LogP contribution in [-0.4, -0.2) is 48.5 Å². The molecule has 0 atom stereocenters. The van der Waals surface area contributed by atoms with Crippen molar-refractivity contribution in [1.29, 1.82) is 0 Å². The summed E-state index contributed by atoms with van der Waals surface area (Å²) in [4.78, 5) is 18.6. The minimum atomic E-state index is -3.53. The van der Waals surface area contributed by atoms with E-state index in [0.717, 1.165) is 36.3 Å². The molecular formula is C24H32N4O3S2. The molecule has 1 heterocycles. The topological polar surface area (TPSA) is 84.3 Å². The molecular weight excluding hydrogens is 456 g/mol. The molecule has 0 fully saturated rings. The zero-order chi connectivity index (χ0) is 24.0. The molecule has 0 bridgehead atoms. The van der Waals surface area contributed by atoms with Gasteiger partial charge in [-0.2, -0.15) is 0 Å². The molecule has 0 unspecified atom stereocenters. The van der Waals surface area contributed by atoms with E-state index in [9.17, 15) is 13.2 Å². The average molecular weight is 489 g/mol. The Balaban J connectivity index is 1.74. The number of carbonyl (C=O) groups excluding carboxylic acids is 1. The van der Waals surface area contributed by atoms with E-state index in [0.29, 0.717) is 24.9 Å². The van der Waals surface area contributed by atoms with Crippen LogP contribution < -0.4 is 5.32 Å². The van der Waals surface area contributed by atoms with Crippen LogP contribution in [0, 0.1) is 0 Å². The van der Waals surface area contributed by atoms with E-state index in [4.69, 9.17) is 4.98 Å². The van der Waals surface area contributed by atoms with Gasteiger partial charge in [-0.25, -0.2) is 17.7 Å². The summed E-state index contributed by atoms with van der Waals surface area (Å²) in [6.45, 7) is 3.40. The van der Waals surface area contributed by atoms with E-state index in [1.54, 1.807) is 23.9 Å². The Labute approximate surface area is 200 Å². The van der Waals surface area contributed by atoms with Gasteiger partial charge in [0.2, 0.25) is 15.9 Å². The molecule has 2 aromatic carbocycles. The van der Waals surface area contributed by atoms with Crippen LogP contribution in [-0.2, 0) is 34.3 Å². The summed E-state index contributed by atoms with van der Waals surface area (Å²) in [5.41, 5.74) is 2.59. The molecule has 3 aromatic rings. The number of hydrogen-bond donors (Lipinski definition) is 1. The van der Waals surface area contributed by atoms with Gasteiger partial charge in [0.15, 0.2) is 0 Å². The maximum atomic E-state index is 12.5. The number of nitrogens with zero attached hydrogens (tertiary/aromatic N) is 3. The molecule has 1 aromatic heterocycles. The molecule has 0 aliphatic heterocycles. The standard InChI is InChI=1S/C24H32N4O3S2/c1-5-6-15-28-22-12-11-20(33(30,31)27(2)3)16-21(22)26-23(28)13-14-24(29)25-17-18-7-9-19(32-4)10-8-18/h7-12,16H,5-6,13-15,17H2,1-4H3,(H,25,29). The van der Waals surface area contributed by atoms with E-state index >= 15 is 0 Å². The Morgan fingerprint density at radius 3 is 2.52 bits per heavy atom. The third-order valence-electron chi connectivity index (χ3n) is 5.54. The van der Waals surface area contributed by atoms with Gasteiger partial charge in [-0.1, -0.05) is 25.5 Å². The number of benzene rings is 2. The minimum Gasteiger partial charge on any atom is -0.352 e. The maximum absolute atomic E-state index is 12.5. The van der Waals surface area contributed by atoms with Crippen molar-refractivity contribution in [1.82, 2.24) is 19.2 Å². The van der Waals surface area contributed by atoms with E-state index in [-0.39, 0.29) is 10.8 Å². The third kappa shape index (κ3) is 6.16. The number of rotatable bonds is 11. The van der Waals surface area contributed by atoms with Gasteiger partial charge < -0.3 is 9.88 Å². The molecule has 3 rings (SSSR count). The zero-order valence-electron chi connectivity index (χ0n) is 19.7. The Morgan fingerprint density at radius 2 is 1.88 bits per heavy atom. The van der Waals surface area contributed by atoms with Crippen molar-refractivity contribution in [3.05, 3.63) is 53.9 Å². The van der Waals surface area contributed by atoms with Gasteiger partial charge in [-0.05, 0) is 48.6 Å². The molecule has 9 heteroatoms. The molecule has 1 amide bonds. The maximum Gasteiger partial charge on any atom is 0.242 e. The number of thioether (sulfide) groups is 1. The lowest BCUT2D eigenvalue weighted by atomic mass is 10.2. The monoisotopic (exact) mass is 488 g/mol. The van der Waals surface area contributed by atoms with Crippen molar-refractivity contribution in [3.8, 4) is 0 Å². The van der Waals surface area contributed by atoms with E-state index in [1.807, 2.05) is 36.6 Å². The summed E-state index contributed by atoms with van der Waals surface area (Å²) in [6.07, 6.45) is 4.86. The van der Waals surface area contributed by atoms with Gasteiger partial charge in [0.05, 0.1) is 15.9 Å². The second-order valence-corrected chi connectivity index (χ2v) is 11.1. The zero-order valence-corrected chi connectivity index (χ0v) is 21.3. The largest absolute Gasteiger partial charge is 0.352 e. The van der Waals surface area contributed by atoms with Gasteiger partial charge in [0.25, 0.3) is 0 Å². The van der Waals surface area contributed by atoms with Crippen molar-refractivity contribution in [2.24, 2.45) is 0 Å². The van der Waals surface area contributed by atoms with Crippen LogP contribution in [0.5, 0.6) is 0 Å². The molecule has 1 N–H and O–H groups in total. The predicted octanol–water partition coefficient (Wildman–Crippen LogP) is 4.06. The van der Waals surface area contributed by atoms with Crippen molar-refractivity contribution in [2.45, 2.75) is 55.5 Å². The number of fused-ring (bicyclic) bond motifs is 1. The fourth-order valence-electron chi connectivity index (χ4n) is 3.55. The number of hydrogen-bond acceptors (Lipinski definition) is 5. The van der Waals surface area contributed by atoms with Crippen LogP contribution in [0.2, 0.25) is 0 Å². The van der Waals surface area contributed by atoms with Crippen LogP contribution in [0.1, 0.15) is 37.6 Å². The summed E-state index contributed by atoms with van der Waals surface area (Å²) >= 11 is 1.69. The fraction of sp³-hybridized carbons (Fsp3) is 0.417. The van der Waals surface area contributed by atoms with E-state index in [1.165, 1.54) is 23.3 Å². The fourth-order valence-corrected chi connectivity index (χ4v) is 4.88. The third-order valence-corrected chi connectivity index (χ3v) is 8.09. The smallest absolute Gasteiger partial charge is 0.242 e. The lowest BCUT2D eigenvalue weighted by Gasteiger charge is -2.11. The molecule has 178 valence electrons. The molecule has 0 saturated heterocycles. The number of nitrogens with one attached hydrogen (secondary N) is 1. The summed E-state index contributed by atoms with van der Waals surface area (Å²) in [5.74, 6) is 0.770.